The lowest BCUT2D eigenvalue weighted by molar-refractivity contribution is -0.116. The smallest absolute Gasteiger partial charge is 0.272 e. The number of hydrogen-bond donors (Lipinski definition) is 1. The highest BCUT2D eigenvalue weighted by atomic mass is 16.6. The van der Waals surface area contributed by atoms with Crippen molar-refractivity contribution in [3.05, 3.63) is 66.7 Å². The zero-order valence-electron chi connectivity index (χ0n) is 16.6. The third-order valence-corrected chi connectivity index (χ3v) is 4.72. The molecule has 0 atom stereocenters. The van der Waals surface area contributed by atoms with Gasteiger partial charge in [-0.25, -0.2) is 4.98 Å². The van der Waals surface area contributed by atoms with Crippen molar-refractivity contribution < 1.29 is 19.1 Å². The van der Waals surface area contributed by atoms with E-state index in [4.69, 9.17) is 9.47 Å². The van der Waals surface area contributed by atoms with Gasteiger partial charge in [-0.05, 0) is 31.2 Å². The van der Waals surface area contributed by atoms with Crippen LogP contribution in [0.25, 0.3) is 5.69 Å². The lowest BCUT2D eigenvalue weighted by Gasteiger charge is -2.22. The van der Waals surface area contributed by atoms with Crippen LogP contribution in [0, 0.1) is 0 Å². The third kappa shape index (κ3) is 4.12. The summed E-state index contributed by atoms with van der Waals surface area (Å²) in [7, 11) is 0. The monoisotopic (exact) mass is 406 g/mol. The van der Waals surface area contributed by atoms with Gasteiger partial charge in [-0.15, -0.1) is 0 Å². The van der Waals surface area contributed by atoms with Crippen molar-refractivity contribution in [1.29, 1.82) is 0 Å². The van der Waals surface area contributed by atoms with Crippen LogP contribution in [0.3, 0.4) is 0 Å². The predicted octanol–water partition coefficient (Wildman–Crippen LogP) is 2.74. The Hall–Kier alpha value is -3.81. The quantitative estimate of drug-likeness (QED) is 0.680. The van der Waals surface area contributed by atoms with Gasteiger partial charge in [0.15, 0.2) is 11.5 Å². The van der Waals surface area contributed by atoms with Crippen molar-refractivity contribution >= 4 is 17.5 Å². The van der Waals surface area contributed by atoms with Crippen molar-refractivity contribution in [2.24, 2.45) is 0 Å². The van der Waals surface area contributed by atoms with E-state index in [2.05, 4.69) is 10.3 Å². The van der Waals surface area contributed by atoms with E-state index in [1.807, 2.05) is 37.3 Å². The normalized spacial score (nSPS) is 12.3. The number of imidazole rings is 1. The molecule has 1 aliphatic heterocycles. The van der Waals surface area contributed by atoms with Crippen LogP contribution in [0.15, 0.2) is 61.1 Å². The highest BCUT2D eigenvalue weighted by Crippen LogP contribution is 2.32. The summed E-state index contributed by atoms with van der Waals surface area (Å²) < 4.78 is 12.7. The Morgan fingerprint density at radius 2 is 1.87 bits per heavy atom. The molecule has 1 aliphatic rings. The fraction of sp³-hybridized carbons (Fsp3) is 0.227. The molecule has 0 fully saturated rings. The number of carbonyl (C=O) groups is 2. The zero-order valence-corrected chi connectivity index (χ0v) is 16.6. The minimum atomic E-state index is -0.298. The maximum atomic E-state index is 13.1. The number of nitrogens with zero attached hydrogens (tertiary/aromatic N) is 3. The Kier molecular flexibility index (Phi) is 5.65. The van der Waals surface area contributed by atoms with Gasteiger partial charge in [0.2, 0.25) is 5.91 Å². The van der Waals surface area contributed by atoms with Crippen molar-refractivity contribution in [2.45, 2.75) is 6.92 Å². The zero-order chi connectivity index (χ0) is 20.9. The largest absolute Gasteiger partial charge is 0.486 e. The molecule has 1 N–H and O–H groups in total. The maximum absolute atomic E-state index is 13.1. The summed E-state index contributed by atoms with van der Waals surface area (Å²) in [6.45, 7) is 3.11. The van der Waals surface area contributed by atoms with Crippen molar-refractivity contribution in [1.82, 2.24) is 14.5 Å². The Bertz CT molecular complexity index is 1050. The van der Waals surface area contributed by atoms with Gasteiger partial charge in [0.1, 0.15) is 25.5 Å². The van der Waals surface area contributed by atoms with Gasteiger partial charge >= 0.3 is 0 Å². The van der Waals surface area contributed by atoms with E-state index < -0.39 is 0 Å². The van der Waals surface area contributed by atoms with Crippen LogP contribution in [-0.2, 0) is 4.79 Å². The fourth-order valence-electron chi connectivity index (χ4n) is 3.23. The average molecular weight is 406 g/mol. The molecule has 2 heterocycles. The number of hydrogen-bond acceptors (Lipinski definition) is 5. The van der Waals surface area contributed by atoms with Crippen LogP contribution < -0.4 is 14.8 Å². The van der Waals surface area contributed by atoms with Gasteiger partial charge in [0, 0.05) is 24.0 Å². The number of anilines is 1. The summed E-state index contributed by atoms with van der Waals surface area (Å²) in [5, 5.41) is 2.81. The molecule has 0 saturated heterocycles. The van der Waals surface area contributed by atoms with Gasteiger partial charge in [0.05, 0.1) is 12.5 Å². The van der Waals surface area contributed by atoms with Gasteiger partial charge in [-0.3, -0.25) is 14.2 Å². The van der Waals surface area contributed by atoms with E-state index in [0.29, 0.717) is 42.6 Å². The van der Waals surface area contributed by atoms with E-state index >= 15 is 0 Å². The number of carbonyl (C=O) groups excluding carboxylic acids is 2. The number of amides is 2. The van der Waals surface area contributed by atoms with Crippen LogP contribution >= 0.6 is 0 Å². The van der Waals surface area contributed by atoms with Crippen LogP contribution in [-0.4, -0.2) is 52.6 Å². The summed E-state index contributed by atoms with van der Waals surface area (Å²) in [4.78, 5) is 31.2. The molecule has 0 unspecified atom stereocenters. The van der Waals surface area contributed by atoms with Crippen LogP contribution in [0.1, 0.15) is 17.4 Å². The fourth-order valence-corrected chi connectivity index (χ4v) is 3.23. The van der Waals surface area contributed by atoms with E-state index in [9.17, 15) is 9.59 Å². The van der Waals surface area contributed by atoms with Gasteiger partial charge in [-0.2, -0.15) is 0 Å². The molecule has 30 heavy (non-hydrogen) atoms. The molecular weight excluding hydrogens is 384 g/mol. The molecule has 0 bridgehead atoms. The first-order valence-electron chi connectivity index (χ1n) is 9.72. The summed E-state index contributed by atoms with van der Waals surface area (Å²) in [5.41, 5.74) is 1.81. The molecule has 2 aromatic carbocycles. The standard InChI is InChI=1S/C22H22N4O4/c1-2-25(22(28)18-13-23-15-26(18)17-6-4-3-5-7-17)14-21(27)24-16-8-9-19-20(12-16)30-11-10-29-19/h3-9,12-13,15H,2,10-11,14H2,1H3,(H,24,27). The van der Waals surface area contributed by atoms with Crippen LogP contribution in [0.2, 0.25) is 0 Å². The number of ether oxygens (including phenoxy) is 2. The Morgan fingerprint density at radius 3 is 2.63 bits per heavy atom. The van der Waals surface area contributed by atoms with E-state index in [-0.39, 0.29) is 18.4 Å². The molecule has 2 amide bonds. The summed E-state index contributed by atoms with van der Waals surface area (Å²) >= 11 is 0. The maximum Gasteiger partial charge on any atom is 0.272 e. The molecular formula is C22H22N4O4. The number of likely N-dealkylation sites (N-methyl/N-ethyl adjacent to an activating group) is 1. The first kappa shape index (κ1) is 19.5. The molecule has 1 aromatic heterocycles. The van der Waals surface area contributed by atoms with E-state index in [1.165, 1.54) is 11.1 Å². The number of nitrogens with one attached hydrogen (secondary N) is 1. The average Bonchev–Trinajstić information content (AvgIpc) is 3.27. The lowest BCUT2D eigenvalue weighted by atomic mass is 10.2. The second-order valence-electron chi connectivity index (χ2n) is 6.71. The van der Waals surface area contributed by atoms with Gasteiger partial charge in [0.25, 0.3) is 5.91 Å². The first-order chi connectivity index (χ1) is 14.7. The number of para-hydroxylation sites is 1. The second-order valence-corrected chi connectivity index (χ2v) is 6.71. The summed E-state index contributed by atoms with van der Waals surface area (Å²) in [6.07, 6.45) is 3.10. The predicted molar refractivity (Wildman–Crippen MR) is 111 cm³/mol. The van der Waals surface area contributed by atoms with Crippen LogP contribution in [0.5, 0.6) is 11.5 Å². The molecule has 0 spiro atoms. The molecule has 0 saturated carbocycles. The first-order valence-corrected chi connectivity index (χ1v) is 9.72. The molecule has 4 rings (SSSR count). The summed E-state index contributed by atoms with van der Waals surface area (Å²) in [5.74, 6) is 0.678. The van der Waals surface area contributed by atoms with Gasteiger partial charge < -0.3 is 19.7 Å². The topological polar surface area (TPSA) is 85.7 Å². The number of fused-ring (bicyclic) bond motifs is 1. The molecule has 3 aromatic rings. The SMILES string of the molecule is CCN(CC(=O)Nc1ccc2c(c1)OCCO2)C(=O)c1cncn1-c1ccccc1. The van der Waals surface area contributed by atoms with E-state index in [0.717, 1.165) is 5.69 Å². The van der Waals surface area contributed by atoms with E-state index in [1.54, 1.807) is 29.1 Å². The molecule has 8 heteroatoms. The third-order valence-electron chi connectivity index (χ3n) is 4.72. The number of benzene rings is 2. The number of rotatable bonds is 6. The Morgan fingerprint density at radius 1 is 1.10 bits per heavy atom. The van der Waals surface area contributed by atoms with Crippen molar-refractivity contribution in [3.63, 3.8) is 0 Å². The van der Waals surface area contributed by atoms with Crippen molar-refractivity contribution in [3.8, 4) is 17.2 Å². The minimum Gasteiger partial charge on any atom is -0.486 e. The second kappa shape index (κ2) is 8.69. The summed E-state index contributed by atoms with van der Waals surface area (Å²) in [6, 6.07) is 14.7. The molecule has 8 nitrogen and oxygen atoms in total. The minimum absolute atomic E-state index is 0.0796. The van der Waals surface area contributed by atoms with Crippen LogP contribution in [0.4, 0.5) is 5.69 Å². The van der Waals surface area contributed by atoms with Gasteiger partial charge in [-0.1, -0.05) is 18.2 Å². The number of aromatic nitrogens is 2. The molecule has 154 valence electrons. The highest BCUT2D eigenvalue weighted by molar-refractivity contribution is 5.98. The van der Waals surface area contributed by atoms with Crippen molar-refractivity contribution in [2.75, 3.05) is 31.6 Å². The molecule has 0 radical (unpaired) electrons. The molecule has 0 aliphatic carbocycles. The lowest BCUT2D eigenvalue weighted by Crippen LogP contribution is -2.38. The Balaban J connectivity index is 1.45. The highest BCUT2D eigenvalue weighted by Gasteiger charge is 2.22. The Labute approximate surface area is 174 Å².